The number of rotatable bonds is 4. The van der Waals surface area contributed by atoms with Crippen LogP contribution in [0, 0.1) is 0 Å². The van der Waals surface area contributed by atoms with Gasteiger partial charge < -0.3 is 10.1 Å². The van der Waals surface area contributed by atoms with Crippen molar-refractivity contribution in [2.24, 2.45) is 0 Å². The van der Waals surface area contributed by atoms with Crippen molar-refractivity contribution in [3.05, 3.63) is 11.1 Å². The lowest BCUT2D eigenvalue weighted by atomic mass is 10.3. The molecule has 1 amide bonds. The van der Waals surface area contributed by atoms with Crippen molar-refractivity contribution in [2.45, 2.75) is 19.9 Å². The van der Waals surface area contributed by atoms with E-state index < -0.39 is 6.09 Å². The van der Waals surface area contributed by atoms with Crippen LogP contribution < -0.4 is 10.6 Å². The minimum absolute atomic E-state index is 0.180. The van der Waals surface area contributed by atoms with Gasteiger partial charge >= 0.3 is 6.09 Å². The molecule has 0 spiro atoms. The number of aromatic nitrogens is 1. The fourth-order valence-electron chi connectivity index (χ4n) is 0.945. The summed E-state index contributed by atoms with van der Waals surface area (Å²) in [7, 11) is 1.86. The highest BCUT2D eigenvalue weighted by Gasteiger charge is 2.10. The van der Waals surface area contributed by atoms with Gasteiger partial charge in [0.2, 0.25) is 0 Å². The third kappa shape index (κ3) is 3.49. The van der Waals surface area contributed by atoms with E-state index in [1.807, 2.05) is 19.4 Å². The Morgan fingerprint density at radius 2 is 2.47 bits per heavy atom. The monoisotopic (exact) mass is 229 g/mol. The summed E-state index contributed by atoms with van der Waals surface area (Å²) in [6, 6.07) is 0.180. The van der Waals surface area contributed by atoms with Crippen molar-refractivity contribution in [3.63, 3.8) is 0 Å². The van der Waals surface area contributed by atoms with Gasteiger partial charge in [-0.15, -0.1) is 11.3 Å². The number of anilines is 1. The normalized spacial score (nSPS) is 12.2. The summed E-state index contributed by atoms with van der Waals surface area (Å²) in [4.78, 5) is 15.3. The van der Waals surface area contributed by atoms with Gasteiger partial charge in [0.25, 0.3) is 0 Å². The minimum atomic E-state index is -0.462. The Hall–Kier alpha value is -1.14. The number of thiazole rings is 1. The van der Waals surface area contributed by atoms with Crippen LogP contribution in [0.25, 0.3) is 0 Å². The molecule has 0 fully saturated rings. The summed E-state index contributed by atoms with van der Waals surface area (Å²) in [6.07, 6.45) is -0.462. The van der Waals surface area contributed by atoms with Crippen LogP contribution in [0.3, 0.4) is 0 Å². The van der Waals surface area contributed by atoms with Gasteiger partial charge in [0, 0.05) is 11.4 Å². The highest BCUT2D eigenvalue weighted by Crippen LogP contribution is 2.20. The zero-order chi connectivity index (χ0) is 11.3. The van der Waals surface area contributed by atoms with Gasteiger partial charge in [-0.3, -0.25) is 5.32 Å². The summed E-state index contributed by atoms with van der Waals surface area (Å²) in [5.41, 5.74) is 0.911. The van der Waals surface area contributed by atoms with E-state index in [1.54, 1.807) is 6.92 Å². The Labute approximate surface area is 92.9 Å². The molecule has 5 nitrogen and oxygen atoms in total. The lowest BCUT2D eigenvalue weighted by molar-refractivity contribution is 0.168. The largest absolute Gasteiger partial charge is 0.450 e. The lowest BCUT2D eigenvalue weighted by Gasteiger charge is -2.05. The molecule has 2 N–H and O–H groups in total. The maximum absolute atomic E-state index is 11.1. The van der Waals surface area contributed by atoms with Gasteiger partial charge in [-0.25, -0.2) is 9.78 Å². The van der Waals surface area contributed by atoms with Crippen LogP contribution in [0.15, 0.2) is 5.38 Å². The molecule has 0 bridgehead atoms. The molecule has 1 rings (SSSR count). The molecule has 0 saturated carbocycles. The topological polar surface area (TPSA) is 63.2 Å². The molecule has 0 aliphatic heterocycles. The van der Waals surface area contributed by atoms with Gasteiger partial charge in [-0.05, 0) is 20.9 Å². The highest BCUT2D eigenvalue weighted by atomic mass is 32.1. The van der Waals surface area contributed by atoms with E-state index in [9.17, 15) is 4.79 Å². The average Bonchev–Trinajstić information content (AvgIpc) is 2.65. The molecule has 1 unspecified atom stereocenters. The first-order chi connectivity index (χ1) is 7.17. The number of hydrogen-bond acceptors (Lipinski definition) is 5. The predicted molar refractivity (Wildman–Crippen MR) is 60.2 cm³/mol. The number of nitrogens with zero attached hydrogens (tertiary/aromatic N) is 1. The Morgan fingerprint density at radius 3 is 3.07 bits per heavy atom. The van der Waals surface area contributed by atoms with Crippen LogP contribution in [0.5, 0.6) is 0 Å². The van der Waals surface area contributed by atoms with E-state index in [0.29, 0.717) is 11.7 Å². The molecule has 0 aromatic carbocycles. The van der Waals surface area contributed by atoms with E-state index in [4.69, 9.17) is 4.74 Å². The highest BCUT2D eigenvalue weighted by molar-refractivity contribution is 7.13. The van der Waals surface area contributed by atoms with Crippen molar-refractivity contribution < 1.29 is 9.53 Å². The standard InChI is InChI=1S/C9H15N3O2S/c1-4-14-9(13)12-8-11-7(5-15-8)6(2)10-3/h5-6,10H,4H2,1-3H3,(H,11,12,13). The van der Waals surface area contributed by atoms with Crippen LogP contribution in [-0.2, 0) is 4.74 Å². The molecule has 84 valence electrons. The molecule has 0 saturated heterocycles. The summed E-state index contributed by atoms with van der Waals surface area (Å²) in [5, 5.41) is 8.10. The minimum Gasteiger partial charge on any atom is -0.450 e. The number of ether oxygens (including phenoxy) is 1. The van der Waals surface area contributed by atoms with E-state index in [0.717, 1.165) is 5.69 Å². The van der Waals surface area contributed by atoms with Gasteiger partial charge in [0.1, 0.15) is 0 Å². The second-order valence-electron chi connectivity index (χ2n) is 2.93. The molecule has 1 heterocycles. The van der Waals surface area contributed by atoms with Crippen LogP contribution >= 0.6 is 11.3 Å². The zero-order valence-electron chi connectivity index (χ0n) is 9.03. The number of amides is 1. The van der Waals surface area contributed by atoms with Crippen molar-refractivity contribution in [1.29, 1.82) is 0 Å². The first kappa shape index (κ1) is 11.9. The van der Waals surface area contributed by atoms with Crippen LogP contribution in [-0.4, -0.2) is 24.7 Å². The fourth-order valence-corrected chi connectivity index (χ4v) is 1.73. The second kappa shape index (κ2) is 5.67. The predicted octanol–water partition coefficient (Wildman–Crippen LogP) is 1.99. The van der Waals surface area contributed by atoms with Gasteiger partial charge in [-0.1, -0.05) is 0 Å². The molecule has 15 heavy (non-hydrogen) atoms. The van der Waals surface area contributed by atoms with Crippen molar-refractivity contribution in [3.8, 4) is 0 Å². The molecule has 1 atom stereocenters. The molecule has 0 aliphatic rings. The summed E-state index contributed by atoms with van der Waals surface area (Å²) < 4.78 is 4.74. The third-order valence-electron chi connectivity index (χ3n) is 1.88. The third-order valence-corrected chi connectivity index (χ3v) is 2.66. The SMILES string of the molecule is CCOC(=O)Nc1nc(C(C)NC)cs1. The van der Waals surface area contributed by atoms with Gasteiger partial charge in [-0.2, -0.15) is 0 Å². The number of carbonyl (C=O) groups is 1. The Kier molecular flexibility index (Phi) is 4.51. The summed E-state index contributed by atoms with van der Waals surface area (Å²) in [6.45, 7) is 4.12. The number of carbonyl (C=O) groups excluding carboxylic acids is 1. The van der Waals surface area contributed by atoms with Crippen LogP contribution in [0.4, 0.5) is 9.93 Å². The van der Waals surface area contributed by atoms with E-state index in [-0.39, 0.29) is 6.04 Å². The second-order valence-corrected chi connectivity index (χ2v) is 3.79. The van der Waals surface area contributed by atoms with Crippen molar-refractivity contribution in [2.75, 3.05) is 19.0 Å². The first-order valence-electron chi connectivity index (χ1n) is 4.73. The first-order valence-corrected chi connectivity index (χ1v) is 5.61. The zero-order valence-corrected chi connectivity index (χ0v) is 9.85. The summed E-state index contributed by atoms with van der Waals surface area (Å²) in [5.74, 6) is 0. The molecule has 1 aromatic heterocycles. The number of hydrogen-bond donors (Lipinski definition) is 2. The quantitative estimate of drug-likeness (QED) is 0.828. The molecular weight excluding hydrogens is 214 g/mol. The smallest absolute Gasteiger partial charge is 0.413 e. The van der Waals surface area contributed by atoms with Crippen molar-refractivity contribution in [1.82, 2.24) is 10.3 Å². The lowest BCUT2D eigenvalue weighted by Crippen LogP contribution is -2.14. The van der Waals surface area contributed by atoms with E-state index >= 15 is 0 Å². The Bertz CT molecular complexity index is 327. The maximum atomic E-state index is 11.1. The van der Waals surface area contributed by atoms with Gasteiger partial charge in [0.15, 0.2) is 5.13 Å². The summed E-state index contributed by atoms with van der Waals surface area (Å²) >= 11 is 1.38. The molecule has 0 radical (unpaired) electrons. The fraction of sp³-hybridized carbons (Fsp3) is 0.556. The maximum Gasteiger partial charge on any atom is 0.413 e. The molecular formula is C9H15N3O2S. The molecule has 6 heteroatoms. The Morgan fingerprint density at radius 1 is 1.73 bits per heavy atom. The molecule has 1 aromatic rings. The van der Waals surface area contributed by atoms with Crippen LogP contribution in [0.2, 0.25) is 0 Å². The average molecular weight is 229 g/mol. The number of nitrogens with one attached hydrogen (secondary N) is 2. The van der Waals surface area contributed by atoms with E-state index in [1.165, 1.54) is 11.3 Å². The van der Waals surface area contributed by atoms with E-state index in [2.05, 4.69) is 15.6 Å². The van der Waals surface area contributed by atoms with Crippen molar-refractivity contribution >= 4 is 22.6 Å². The molecule has 0 aliphatic carbocycles. The Balaban J connectivity index is 2.56. The van der Waals surface area contributed by atoms with Crippen LogP contribution in [0.1, 0.15) is 25.6 Å². The van der Waals surface area contributed by atoms with Gasteiger partial charge in [0.05, 0.1) is 12.3 Å².